The largest absolute Gasteiger partial charge is 0.486 e. The number of rotatable bonds is 6. The summed E-state index contributed by atoms with van der Waals surface area (Å²) in [4.78, 5) is 25.1. The molecule has 0 aromatic heterocycles. The van der Waals surface area contributed by atoms with Crippen LogP contribution in [-0.4, -0.2) is 57.0 Å². The zero-order valence-electron chi connectivity index (χ0n) is 18.5. The molecule has 0 spiro atoms. The van der Waals surface area contributed by atoms with Crippen LogP contribution in [0, 0.1) is 11.7 Å². The van der Waals surface area contributed by atoms with E-state index in [-0.39, 0.29) is 30.8 Å². The van der Waals surface area contributed by atoms with Crippen LogP contribution in [0.5, 0.6) is 11.5 Å². The SMILES string of the molecule is C[C@H](OC(=O)C1CCN(S(=O)(=O)c2ccc(F)cc2)CC1)C(=O)Nc1ccc2c(c1)OCCO2. The lowest BCUT2D eigenvalue weighted by molar-refractivity contribution is -0.158. The van der Waals surface area contributed by atoms with Gasteiger partial charge in [-0.05, 0) is 56.2 Å². The molecule has 0 radical (unpaired) electrons. The Kier molecular flexibility index (Phi) is 7.03. The van der Waals surface area contributed by atoms with Crippen LogP contribution in [0.1, 0.15) is 19.8 Å². The molecule has 0 bridgehead atoms. The summed E-state index contributed by atoms with van der Waals surface area (Å²) in [5.74, 6) is -0.977. The maximum absolute atomic E-state index is 13.1. The molecule has 1 fully saturated rings. The summed E-state index contributed by atoms with van der Waals surface area (Å²) in [6.45, 7) is 2.60. The molecule has 4 rings (SSSR count). The zero-order chi connectivity index (χ0) is 24.3. The van der Waals surface area contributed by atoms with Gasteiger partial charge in [-0.1, -0.05) is 0 Å². The van der Waals surface area contributed by atoms with Gasteiger partial charge in [0.1, 0.15) is 19.0 Å². The van der Waals surface area contributed by atoms with E-state index < -0.39 is 39.7 Å². The van der Waals surface area contributed by atoms with Crippen LogP contribution in [-0.2, 0) is 24.3 Å². The number of hydrogen-bond donors (Lipinski definition) is 1. The van der Waals surface area contributed by atoms with Gasteiger partial charge in [-0.3, -0.25) is 9.59 Å². The van der Waals surface area contributed by atoms with E-state index in [0.29, 0.717) is 30.4 Å². The molecule has 1 atom stereocenters. The number of sulfonamides is 1. The molecule has 34 heavy (non-hydrogen) atoms. The predicted octanol–water partition coefficient (Wildman–Crippen LogP) is 2.57. The van der Waals surface area contributed by atoms with Gasteiger partial charge < -0.3 is 19.5 Å². The lowest BCUT2D eigenvalue weighted by Crippen LogP contribution is -2.41. The standard InChI is InChI=1S/C23H25FN2O7S/c1-15(22(27)25-18-4-7-20-21(14-18)32-13-12-31-20)33-23(28)16-8-10-26(11-9-16)34(29,30)19-5-2-17(24)3-6-19/h2-7,14-16H,8-13H2,1H3,(H,25,27)/t15-/m0/s1. The van der Waals surface area contributed by atoms with Crippen molar-refractivity contribution in [2.24, 2.45) is 5.92 Å². The molecule has 1 amide bonds. The number of carbonyl (C=O) groups is 2. The molecular formula is C23H25FN2O7S. The fourth-order valence-corrected chi connectivity index (χ4v) is 5.25. The van der Waals surface area contributed by atoms with Crippen molar-refractivity contribution in [1.82, 2.24) is 4.31 Å². The third-order valence-electron chi connectivity index (χ3n) is 5.71. The second kappa shape index (κ2) is 9.98. The first-order valence-corrected chi connectivity index (χ1v) is 12.3. The zero-order valence-corrected chi connectivity index (χ0v) is 19.3. The molecular weight excluding hydrogens is 467 g/mol. The van der Waals surface area contributed by atoms with Crippen molar-refractivity contribution >= 4 is 27.6 Å². The number of ether oxygens (including phenoxy) is 3. The minimum absolute atomic E-state index is 0.000592. The Morgan fingerprint density at radius 3 is 2.38 bits per heavy atom. The lowest BCUT2D eigenvalue weighted by atomic mass is 9.98. The Morgan fingerprint density at radius 2 is 1.71 bits per heavy atom. The average Bonchev–Trinajstić information content (AvgIpc) is 2.84. The van der Waals surface area contributed by atoms with Crippen LogP contribution in [0.4, 0.5) is 10.1 Å². The first kappa shape index (κ1) is 24.0. The number of amides is 1. The van der Waals surface area contributed by atoms with Crippen molar-refractivity contribution in [1.29, 1.82) is 0 Å². The number of carbonyl (C=O) groups excluding carboxylic acids is 2. The molecule has 11 heteroatoms. The van der Waals surface area contributed by atoms with Gasteiger partial charge in [-0.15, -0.1) is 0 Å². The van der Waals surface area contributed by atoms with E-state index >= 15 is 0 Å². The summed E-state index contributed by atoms with van der Waals surface area (Å²) < 4.78 is 56.1. The van der Waals surface area contributed by atoms with Crippen molar-refractivity contribution < 1.29 is 36.6 Å². The van der Waals surface area contributed by atoms with E-state index in [2.05, 4.69) is 5.32 Å². The van der Waals surface area contributed by atoms with Gasteiger partial charge >= 0.3 is 5.97 Å². The molecule has 2 heterocycles. The van der Waals surface area contributed by atoms with Crippen LogP contribution in [0.15, 0.2) is 47.4 Å². The van der Waals surface area contributed by atoms with Crippen molar-refractivity contribution in [3.05, 3.63) is 48.3 Å². The maximum atomic E-state index is 13.1. The highest BCUT2D eigenvalue weighted by atomic mass is 32.2. The molecule has 1 saturated heterocycles. The topological polar surface area (TPSA) is 111 Å². The van der Waals surface area contributed by atoms with Crippen molar-refractivity contribution in [2.75, 3.05) is 31.6 Å². The van der Waals surface area contributed by atoms with Crippen LogP contribution in [0.25, 0.3) is 0 Å². The number of benzene rings is 2. The Bertz CT molecular complexity index is 1160. The van der Waals surface area contributed by atoms with Gasteiger partial charge in [-0.2, -0.15) is 4.31 Å². The van der Waals surface area contributed by atoms with Crippen molar-refractivity contribution in [2.45, 2.75) is 30.8 Å². The van der Waals surface area contributed by atoms with Gasteiger partial charge in [0, 0.05) is 24.8 Å². The summed E-state index contributed by atoms with van der Waals surface area (Å²) in [6, 6.07) is 9.60. The first-order chi connectivity index (χ1) is 16.2. The minimum atomic E-state index is -3.77. The van der Waals surface area contributed by atoms with Crippen LogP contribution in [0.2, 0.25) is 0 Å². The van der Waals surface area contributed by atoms with Crippen LogP contribution < -0.4 is 14.8 Å². The smallest absolute Gasteiger partial charge is 0.309 e. The molecule has 0 unspecified atom stereocenters. The summed E-state index contributed by atoms with van der Waals surface area (Å²) in [5.41, 5.74) is 0.483. The number of halogens is 1. The molecule has 2 aliphatic rings. The highest BCUT2D eigenvalue weighted by Gasteiger charge is 2.34. The maximum Gasteiger partial charge on any atom is 0.309 e. The number of anilines is 1. The molecule has 2 aromatic carbocycles. The Balaban J connectivity index is 1.28. The van der Waals surface area contributed by atoms with Crippen molar-refractivity contribution in [3.63, 3.8) is 0 Å². The normalized spacial score (nSPS) is 17.6. The summed E-state index contributed by atoms with van der Waals surface area (Å²) >= 11 is 0. The number of nitrogens with zero attached hydrogens (tertiary/aromatic N) is 1. The summed E-state index contributed by atoms with van der Waals surface area (Å²) in [5, 5.41) is 2.68. The Labute approximate surface area is 196 Å². The average molecular weight is 493 g/mol. The van der Waals surface area contributed by atoms with Gasteiger partial charge in [0.25, 0.3) is 5.91 Å². The quantitative estimate of drug-likeness (QED) is 0.617. The highest BCUT2D eigenvalue weighted by molar-refractivity contribution is 7.89. The van der Waals surface area contributed by atoms with E-state index in [0.717, 1.165) is 12.1 Å². The van der Waals surface area contributed by atoms with Gasteiger partial charge in [-0.25, -0.2) is 12.8 Å². The number of nitrogens with one attached hydrogen (secondary N) is 1. The van der Waals surface area contributed by atoms with E-state index in [4.69, 9.17) is 14.2 Å². The molecule has 2 aliphatic heterocycles. The number of esters is 1. The fourth-order valence-electron chi connectivity index (χ4n) is 3.78. The third-order valence-corrected chi connectivity index (χ3v) is 7.62. The summed E-state index contributed by atoms with van der Waals surface area (Å²) in [6.07, 6.45) is -0.521. The molecule has 0 saturated carbocycles. The van der Waals surface area contributed by atoms with E-state index in [9.17, 15) is 22.4 Å². The number of piperidine rings is 1. The van der Waals surface area contributed by atoms with Crippen LogP contribution >= 0.6 is 0 Å². The Morgan fingerprint density at radius 1 is 1.06 bits per heavy atom. The molecule has 0 aliphatic carbocycles. The van der Waals surface area contributed by atoms with E-state index in [1.54, 1.807) is 18.2 Å². The minimum Gasteiger partial charge on any atom is -0.486 e. The number of fused-ring (bicyclic) bond motifs is 1. The molecule has 2 aromatic rings. The van der Waals surface area contributed by atoms with E-state index in [1.807, 2.05) is 0 Å². The molecule has 9 nitrogen and oxygen atoms in total. The molecule has 1 N–H and O–H groups in total. The van der Waals surface area contributed by atoms with Gasteiger partial charge in [0.15, 0.2) is 17.6 Å². The van der Waals surface area contributed by atoms with Gasteiger partial charge in [0.05, 0.1) is 10.8 Å². The van der Waals surface area contributed by atoms with Crippen molar-refractivity contribution in [3.8, 4) is 11.5 Å². The second-order valence-electron chi connectivity index (χ2n) is 8.06. The van der Waals surface area contributed by atoms with Crippen LogP contribution in [0.3, 0.4) is 0 Å². The molecule has 182 valence electrons. The third kappa shape index (κ3) is 5.31. The summed E-state index contributed by atoms with van der Waals surface area (Å²) in [7, 11) is -3.77. The second-order valence-corrected chi connectivity index (χ2v) is 10.00. The highest BCUT2D eigenvalue weighted by Crippen LogP contribution is 2.32. The fraction of sp³-hybridized carbons (Fsp3) is 0.391. The lowest BCUT2D eigenvalue weighted by Gasteiger charge is -2.30. The van der Waals surface area contributed by atoms with Gasteiger partial charge in [0.2, 0.25) is 10.0 Å². The predicted molar refractivity (Wildman–Crippen MR) is 119 cm³/mol. The monoisotopic (exact) mass is 492 g/mol. The number of hydrogen-bond acceptors (Lipinski definition) is 7. The Hall–Kier alpha value is -3.18. The first-order valence-electron chi connectivity index (χ1n) is 10.9. The van der Waals surface area contributed by atoms with E-state index in [1.165, 1.54) is 23.4 Å².